The highest BCUT2D eigenvalue weighted by Crippen LogP contribution is 2.36. The number of methoxy groups -OCH3 is 1. The second-order valence-electron chi connectivity index (χ2n) is 5.10. The third kappa shape index (κ3) is 5.81. The Bertz CT molecular complexity index is 478. The van der Waals surface area contributed by atoms with E-state index in [-0.39, 0.29) is 12.5 Å². The summed E-state index contributed by atoms with van der Waals surface area (Å²) in [5.74, 6) is 1.26. The Morgan fingerprint density at radius 1 is 1.38 bits per heavy atom. The third-order valence-corrected chi connectivity index (χ3v) is 3.08. The average molecular weight is 315 g/mol. The van der Waals surface area contributed by atoms with E-state index in [1.54, 1.807) is 14.2 Å². The first kappa shape index (κ1) is 17.6. The number of nitrogens with one attached hydrogen (secondary N) is 2. The van der Waals surface area contributed by atoms with Crippen LogP contribution in [0.2, 0.25) is 5.02 Å². The van der Waals surface area contributed by atoms with Gasteiger partial charge in [-0.15, -0.1) is 0 Å². The summed E-state index contributed by atoms with van der Waals surface area (Å²) in [5, 5.41) is 6.25. The number of hydrogen-bond donors (Lipinski definition) is 2. The van der Waals surface area contributed by atoms with Gasteiger partial charge < -0.3 is 20.1 Å². The van der Waals surface area contributed by atoms with Gasteiger partial charge in [-0.25, -0.2) is 0 Å². The highest BCUT2D eigenvalue weighted by molar-refractivity contribution is 6.32. The second kappa shape index (κ2) is 8.74. The summed E-state index contributed by atoms with van der Waals surface area (Å²) < 4.78 is 10.7. The summed E-state index contributed by atoms with van der Waals surface area (Å²) in [6.07, 6.45) is 0. The Morgan fingerprint density at radius 2 is 2.10 bits per heavy atom. The minimum absolute atomic E-state index is 0.0997. The molecule has 118 valence electrons. The van der Waals surface area contributed by atoms with Crippen LogP contribution in [0.4, 0.5) is 0 Å². The van der Waals surface area contributed by atoms with Gasteiger partial charge in [-0.1, -0.05) is 25.4 Å². The number of ether oxygens (including phenoxy) is 2. The lowest BCUT2D eigenvalue weighted by atomic mass is 10.1. The fourth-order valence-electron chi connectivity index (χ4n) is 1.73. The van der Waals surface area contributed by atoms with E-state index in [1.165, 1.54) is 0 Å². The van der Waals surface area contributed by atoms with Crippen molar-refractivity contribution in [2.45, 2.75) is 20.4 Å². The number of amides is 1. The summed E-state index contributed by atoms with van der Waals surface area (Å²) >= 11 is 6.22. The van der Waals surface area contributed by atoms with Gasteiger partial charge in [0, 0.05) is 13.6 Å². The summed E-state index contributed by atoms with van der Waals surface area (Å²) in [5.41, 5.74) is 1.00. The summed E-state index contributed by atoms with van der Waals surface area (Å²) in [7, 11) is 3.10. The van der Waals surface area contributed by atoms with Crippen LogP contribution in [0.15, 0.2) is 12.1 Å². The van der Waals surface area contributed by atoms with E-state index in [1.807, 2.05) is 12.1 Å². The monoisotopic (exact) mass is 314 g/mol. The molecule has 0 saturated carbocycles. The number of rotatable bonds is 8. The molecule has 0 aliphatic carbocycles. The fraction of sp³-hybridized carbons (Fsp3) is 0.533. The summed E-state index contributed by atoms with van der Waals surface area (Å²) in [6.45, 7) is 5.82. The molecule has 0 aliphatic heterocycles. The van der Waals surface area contributed by atoms with Crippen LogP contribution >= 0.6 is 11.6 Å². The van der Waals surface area contributed by atoms with Crippen LogP contribution < -0.4 is 20.1 Å². The largest absolute Gasteiger partial charge is 0.493 e. The molecule has 21 heavy (non-hydrogen) atoms. The van der Waals surface area contributed by atoms with Gasteiger partial charge in [-0.2, -0.15) is 0 Å². The molecule has 0 atom stereocenters. The maximum absolute atomic E-state index is 11.2. The predicted molar refractivity (Wildman–Crippen MR) is 84.1 cm³/mol. The number of carbonyl (C=O) groups is 1. The van der Waals surface area contributed by atoms with E-state index in [0.29, 0.717) is 29.0 Å². The first-order valence-electron chi connectivity index (χ1n) is 6.88. The minimum Gasteiger partial charge on any atom is -0.493 e. The molecule has 0 bridgehead atoms. The fourth-order valence-corrected chi connectivity index (χ4v) is 2.02. The molecule has 0 aromatic heterocycles. The molecule has 1 rings (SSSR count). The first-order chi connectivity index (χ1) is 9.97. The number of carbonyl (C=O) groups excluding carboxylic acids is 1. The maximum Gasteiger partial charge on any atom is 0.257 e. The van der Waals surface area contributed by atoms with Crippen molar-refractivity contribution < 1.29 is 14.3 Å². The van der Waals surface area contributed by atoms with Gasteiger partial charge in [-0.3, -0.25) is 4.79 Å². The zero-order chi connectivity index (χ0) is 15.8. The standard InChI is InChI=1S/C15H23ClN2O3/c1-10(2)7-18-8-11-5-12(16)15(13(6-11)20-4)21-9-14(19)17-3/h5-6,10,18H,7-9H2,1-4H3,(H,17,19). The van der Waals surface area contributed by atoms with Crippen LogP contribution in [0, 0.1) is 5.92 Å². The molecule has 1 aromatic rings. The van der Waals surface area contributed by atoms with Gasteiger partial charge in [0.1, 0.15) is 0 Å². The SMILES string of the molecule is CNC(=O)COc1c(Cl)cc(CNCC(C)C)cc1OC. The van der Waals surface area contributed by atoms with E-state index < -0.39 is 0 Å². The molecule has 1 amide bonds. The molecule has 2 N–H and O–H groups in total. The number of benzene rings is 1. The van der Waals surface area contributed by atoms with Crippen molar-refractivity contribution in [1.82, 2.24) is 10.6 Å². The van der Waals surface area contributed by atoms with Crippen LogP contribution in [-0.4, -0.2) is 33.2 Å². The normalized spacial score (nSPS) is 10.6. The topological polar surface area (TPSA) is 59.6 Å². The molecular weight excluding hydrogens is 292 g/mol. The van der Waals surface area contributed by atoms with Gasteiger partial charge in [0.05, 0.1) is 12.1 Å². The van der Waals surface area contributed by atoms with Crippen LogP contribution in [-0.2, 0) is 11.3 Å². The van der Waals surface area contributed by atoms with Crippen LogP contribution in [0.3, 0.4) is 0 Å². The van der Waals surface area contributed by atoms with Crippen molar-refractivity contribution in [3.63, 3.8) is 0 Å². The van der Waals surface area contributed by atoms with Crippen molar-refractivity contribution in [1.29, 1.82) is 0 Å². The Morgan fingerprint density at radius 3 is 2.67 bits per heavy atom. The number of likely N-dealkylation sites (N-methyl/N-ethyl adjacent to an activating group) is 1. The smallest absolute Gasteiger partial charge is 0.257 e. The van der Waals surface area contributed by atoms with Crippen molar-refractivity contribution in [2.24, 2.45) is 5.92 Å². The van der Waals surface area contributed by atoms with E-state index in [0.717, 1.165) is 12.1 Å². The Hall–Kier alpha value is -1.46. The predicted octanol–water partition coefficient (Wildman–Crippen LogP) is 2.22. The zero-order valence-electron chi connectivity index (χ0n) is 13.0. The van der Waals surface area contributed by atoms with Crippen LogP contribution in [0.5, 0.6) is 11.5 Å². The van der Waals surface area contributed by atoms with Crippen LogP contribution in [0.1, 0.15) is 19.4 Å². The van der Waals surface area contributed by atoms with E-state index in [4.69, 9.17) is 21.1 Å². The number of halogens is 1. The Balaban J connectivity index is 2.79. The molecule has 0 radical (unpaired) electrons. The van der Waals surface area contributed by atoms with E-state index in [2.05, 4.69) is 24.5 Å². The maximum atomic E-state index is 11.2. The van der Waals surface area contributed by atoms with E-state index in [9.17, 15) is 4.79 Å². The van der Waals surface area contributed by atoms with Crippen molar-refractivity contribution in [2.75, 3.05) is 27.3 Å². The molecule has 0 aliphatic rings. The lowest BCUT2D eigenvalue weighted by Crippen LogP contribution is -2.25. The highest BCUT2D eigenvalue weighted by Gasteiger charge is 2.13. The third-order valence-electron chi connectivity index (χ3n) is 2.80. The van der Waals surface area contributed by atoms with Gasteiger partial charge in [0.2, 0.25) is 0 Å². The molecule has 0 spiro atoms. The first-order valence-corrected chi connectivity index (χ1v) is 7.26. The molecule has 0 saturated heterocycles. The van der Waals surface area contributed by atoms with Crippen molar-refractivity contribution in [3.8, 4) is 11.5 Å². The molecule has 6 heteroatoms. The molecule has 0 fully saturated rings. The lowest BCUT2D eigenvalue weighted by molar-refractivity contribution is -0.122. The Labute approximate surface area is 131 Å². The van der Waals surface area contributed by atoms with Gasteiger partial charge in [-0.05, 0) is 30.2 Å². The number of hydrogen-bond acceptors (Lipinski definition) is 4. The molecule has 0 heterocycles. The van der Waals surface area contributed by atoms with E-state index >= 15 is 0 Å². The highest BCUT2D eigenvalue weighted by atomic mass is 35.5. The lowest BCUT2D eigenvalue weighted by Gasteiger charge is -2.14. The summed E-state index contributed by atoms with van der Waals surface area (Å²) in [6, 6.07) is 3.68. The minimum atomic E-state index is -0.226. The molecule has 5 nitrogen and oxygen atoms in total. The quantitative estimate of drug-likeness (QED) is 0.772. The van der Waals surface area contributed by atoms with Crippen LogP contribution in [0.25, 0.3) is 0 Å². The second-order valence-corrected chi connectivity index (χ2v) is 5.50. The van der Waals surface area contributed by atoms with Crippen molar-refractivity contribution >= 4 is 17.5 Å². The average Bonchev–Trinajstić information content (AvgIpc) is 2.44. The van der Waals surface area contributed by atoms with Gasteiger partial charge in [0.25, 0.3) is 5.91 Å². The van der Waals surface area contributed by atoms with Gasteiger partial charge >= 0.3 is 0 Å². The van der Waals surface area contributed by atoms with Gasteiger partial charge in [0.15, 0.2) is 18.1 Å². The molecule has 1 aromatic carbocycles. The Kier molecular flexibility index (Phi) is 7.32. The molecular formula is C15H23ClN2O3. The zero-order valence-corrected chi connectivity index (χ0v) is 13.7. The summed E-state index contributed by atoms with van der Waals surface area (Å²) in [4.78, 5) is 11.2. The van der Waals surface area contributed by atoms with Crippen molar-refractivity contribution in [3.05, 3.63) is 22.7 Å². The molecule has 0 unspecified atom stereocenters.